The first kappa shape index (κ1) is 13.3. The van der Waals surface area contributed by atoms with Gasteiger partial charge in [0.15, 0.2) is 0 Å². The minimum absolute atomic E-state index is 0.397. The molecule has 2 aromatic rings. The number of rotatable bonds is 6. The van der Waals surface area contributed by atoms with E-state index in [1.807, 2.05) is 16.9 Å². The standard InChI is InChI=1S/C13H20N6O/c20-13(9-18-6-2-4-15-18)8-17-5-1-3-12(17)7-19-11-14-10-16-19/h2,4,6,10-13,20H,1,3,5,7-9H2/t12-,13+/m0/s1. The molecule has 2 atom stereocenters. The number of aliphatic hydroxyl groups is 1. The van der Waals surface area contributed by atoms with Gasteiger partial charge in [-0.15, -0.1) is 0 Å². The third kappa shape index (κ3) is 3.23. The molecular formula is C13H20N6O. The number of β-amino-alcohol motifs (C(OH)–C–C–N with tert-alkyl or cyclic N) is 1. The van der Waals surface area contributed by atoms with Crippen molar-refractivity contribution in [3.63, 3.8) is 0 Å². The van der Waals surface area contributed by atoms with E-state index in [1.54, 1.807) is 23.5 Å². The van der Waals surface area contributed by atoms with E-state index >= 15 is 0 Å². The highest BCUT2D eigenvalue weighted by atomic mass is 16.3. The number of hydrogen-bond acceptors (Lipinski definition) is 5. The Morgan fingerprint density at radius 2 is 2.20 bits per heavy atom. The maximum Gasteiger partial charge on any atom is 0.137 e. The topological polar surface area (TPSA) is 72.0 Å². The van der Waals surface area contributed by atoms with Crippen molar-refractivity contribution in [3.05, 3.63) is 31.1 Å². The van der Waals surface area contributed by atoms with Crippen LogP contribution in [0.2, 0.25) is 0 Å². The molecule has 0 unspecified atom stereocenters. The fraction of sp³-hybridized carbons (Fsp3) is 0.615. The van der Waals surface area contributed by atoms with Crippen LogP contribution < -0.4 is 0 Å². The van der Waals surface area contributed by atoms with Gasteiger partial charge in [-0.3, -0.25) is 14.3 Å². The summed E-state index contributed by atoms with van der Waals surface area (Å²) in [6.07, 6.45) is 8.84. The molecule has 0 spiro atoms. The van der Waals surface area contributed by atoms with Crippen LogP contribution in [0.3, 0.4) is 0 Å². The summed E-state index contributed by atoms with van der Waals surface area (Å²) in [5, 5.41) is 18.5. The predicted molar refractivity (Wildman–Crippen MR) is 72.9 cm³/mol. The molecule has 0 bridgehead atoms. The Labute approximate surface area is 117 Å². The number of hydrogen-bond donors (Lipinski definition) is 1. The normalized spacial score (nSPS) is 21.4. The maximum absolute atomic E-state index is 10.2. The van der Waals surface area contributed by atoms with Crippen LogP contribution >= 0.6 is 0 Å². The second-order valence-corrected chi connectivity index (χ2v) is 5.29. The van der Waals surface area contributed by atoms with Gasteiger partial charge in [0.2, 0.25) is 0 Å². The van der Waals surface area contributed by atoms with Gasteiger partial charge in [-0.25, -0.2) is 4.98 Å². The van der Waals surface area contributed by atoms with E-state index in [4.69, 9.17) is 0 Å². The summed E-state index contributed by atoms with van der Waals surface area (Å²) in [6, 6.07) is 2.31. The third-order valence-electron chi connectivity index (χ3n) is 3.77. The fourth-order valence-electron chi connectivity index (χ4n) is 2.84. The zero-order valence-corrected chi connectivity index (χ0v) is 11.4. The summed E-state index contributed by atoms with van der Waals surface area (Å²) < 4.78 is 3.63. The lowest BCUT2D eigenvalue weighted by Crippen LogP contribution is -2.40. The zero-order chi connectivity index (χ0) is 13.8. The number of nitrogens with zero attached hydrogens (tertiary/aromatic N) is 6. The van der Waals surface area contributed by atoms with E-state index in [1.165, 1.54) is 6.42 Å². The number of aromatic nitrogens is 5. The highest BCUT2D eigenvalue weighted by Gasteiger charge is 2.26. The molecule has 2 aromatic heterocycles. The van der Waals surface area contributed by atoms with Crippen molar-refractivity contribution in [2.45, 2.75) is 38.1 Å². The molecule has 3 heterocycles. The molecule has 1 aliphatic heterocycles. The van der Waals surface area contributed by atoms with Crippen LogP contribution in [0.15, 0.2) is 31.1 Å². The van der Waals surface area contributed by atoms with Crippen LogP contribution in [0.25, 0.3) is 0 Å². The minimum atomic E-state index is -0.397. The van der Waals surface area contributed by atoms with Crippen molar-refractivity contribution in [3.8, 4) is 0 Å². The second kappa shape index (κ2) is 6.15. The van der Waals surface area contributed by atoms with Gasteiger partial charge >= 0.3 is 0 Å². The molecule has 3 rings (SSSR count). The monoisotopic (exact) mass is 276 g/mol. The largest absolute Gasteiger partial charge is 0.390 e. The summed E-state index contributed by atoms with van der Waals surface area (Å²) in [5.41, 5.74) is 0. The van der Waals surface area contributed by atoms with E-state index in [9.17, 15) is 5.11 Å². The van der Waals surface area contributed by atoms with Gasteiger partial charge in [-0.2, -0.15) is 10.2 Å². The van der Waals surface area contributed by atoms with Gasteiger partial charge in [-0.1, -0.05) is 0 Å². The van der Waals surface area contributed by atoms with Crippen molar-refractivity contribution in [2.24, 2.45) is 0 Å². The molecule has 108 valence electrons. The van der Waals surface area contributed by atoms with Crippen molar-refractivity contribution in [1.82, 2.24) is 29.4 Å². The Morgan fingerprint density at radius 3 is 2.95 bits per heavy atom. The minimum Gasteiger partial charge on any atom is -0.390 e. The van der Waals surface area contributed by atoms with Crippen LogP contribution in [-0.2, 0) is 13.1 Å². The van der Waals surface area contributed by atoms with E-state index in [0.717, 1.165) is 19.5 Å². The second-order valence-electron chi connectivity index (χ2n) is 5.29. The summed E-state index contributed by atoms with van der Waals surface area (Å²) in [4.78, 5) is 6.32. The third-order valence-corrected chi connectivity index (χ3v) is 3.77. The van der Waals surface area contributed by atoms with Gasteiger partial charge in [0.1, 0.15) is 12.7 Å². The quantitative estimate of drug-likeness (QED) is 0.804. The van der Waals surface area contributed by atoms with Gasteiger partial charge in [-0.05, 0) is 25.5 Å². The van der Waals surface area contributed by atoms with Crippen molar-refractivity contribution in [1.29, 1.82) is 0 Å². The molecular weight excluding hydrogens is 256 g/mol. The Morgan fingerprint density at radius 1 is 1.25 bits per heavy atom. The molecule has 0 radical (unpaired) electrons. The molecule has 20 heavy (non-hydrogen) atoms. The summed E-state index contributed by atoms with van der Waals surface area (Å²) in [7, 11) is 0. The van der Waals surface area contributed by atoms with E-state index in [2.05, 4.69) is 20.1 Å². The lowest BCUT2D eigenvalue weighted by Gasteiger charge is -2.26. The highest BCUT2D eigenvalue weighted by molar-refractivity contribution is 4.83. The van der Waals surface area contributed by atoms with E-state index in [-0.39, 0.29) is 0 Å². The van der Waals surface area contributed by atoms with E-state index < -0.39 is 6.10 Å². The van der Waals surface area contributed by atoms with Crippen molar-refractivity contribution < 1.29 is 5.11 Å². The Kier molecular flexibility index (Phi) is 4.08. The predicted octanol–water partition coefficient (Wildman–Crippen LogP) is 0.0001000. The van der Waals surface area contributed by atoms with Gasteiger partial charge in [0.05, 0.1) is 19.2 Å². The van der Waals surface area contributed by atoms with Crippen LogP contribution in [0.4, 0.5) is 0 Å². The Bertz CT molecular complexity index is 497. The number of likely N-dealkylation sites (tertiary alicyclic amines) is 1. The van der Waals surface area contributed by atoms with Crippen molar-refractivity contribution >= 4 is 0 Å². The fourth-order valence-corrected chi connectivity index (χ4v) is 2.84. The molecule has 1 aliphatic rings. The highest BCUT2D eigenvalue weighted by Crippen LogP contribution is 2.19. The lowest BCUT2D eigenvalue weighted by molar-refractivity contribution is 0.0846. The summed E-state index contributed by atoms with van der Waals surface area (Å²) >= 11 is 0. The lowest BCUT2D eigenvalue weighted by atomic mass is 10.2. The average Bonchev–Trinajstić information content (AvgIpc) is 3.14. The van der Waals surface area contributed by atoms with Crippen LogP contribution in [0.5, 0.6) is 0 Å². The number of aliphatic hydroxyl groups excluding tert-OH is 1. The first-order valence-corrected chi connectivity index (χ1v) is 7.03. The van der Waals surface area contributed by atoms with Crippen molar-refractivity contribution in [2.75, 3.05) is 13.1 Å². The average molecular weight is 276 g/mol. The maximum atomic E-state index is 10.2. The molecule has 0 saturated carbocycles. The van der Waals surface area contributed by atoms with Gasteiger partial charge in [0, 0.05) is 25.0 Å². The smallest absolute Gasteiger partial charge is 0.137 e. The summed E-state index contributed by atoms with van der Waals surface area (Å²) in [5.74, 6) is 0. The molecule has 7 heteroatoms. The molecule has 0 amide bonds. The van der Waals surface area contributed by atoms with Crippen LogP contribution in [-0.4, -0.2) is 59.8 Å². The van der Waals surface area contributed by atoms with Crippen LogP contribution in [0.1, 0.15) is 12.8 Å². The van der Waals surface area contributed by atoms with Gasteiger partial charge < -0.3 is 5.11 Å². The first-order valence-electron chi connectivity index (χ1n) is 7.03. The zero-order valence-electron chi connectivity index (χ0n) is 11.4. The molecule has 0 aliphatic carbocycles. The Hall–Kier alpha value is -1.73. The summed E-state index contributed by atoms with van der Waals surface area (Å²) in [6.45, 7) is 3.10. The SMILES string of the molecule is O[C@H](CN1CCC[C@H]1Cn1cncn1)Cn1cccn1. The molecule has 1 N–H and O–H groups in total. The molecule has 1 saturated heterocycles. The Balaban J connectivity index is 1.53. The van der Waals surface area contributed by atoms with Crippen LogP contribution in [0, 0.1) is 0 Å². The molecule has 1 fully saturated rings. The van der Waals surface area contributed by atoms with E-state index in [0.29, 0.717) is 19.1 Å². The molecule has 0 aromatic carbocycles. The first-order chi connectivity index (χ1) is 9.81. The van der Waals surface area contributed by atoms with Gasteiger partial charge in [0.25, 0.3) is 0 Å². The molecule has 7 nitrogen and oxygen atoms in total.